The van der Waals surface area contributed by atoms with Gasteiger partial charge in [-0.2, -0.15) is 0 Å². The number of nitrogens with one attached hydrogen (secondary N) is 2. The molecule has 0 atom stereocenters. The summed E-state index contributed by atoms with van der Waals surface area (Å²) >= 11 is 0. The SMILES string of the molecule is COc1ccc(OCC(=O)Nc2ccc(S(=O)(=O)Nc3cc(C)ccc3OC)cc2)cc1. The Morgan fingerprint density at radius 3 is 2.16 bits per heavy atom. The van der Waals surface area contributed by atoms with Crippen LogP contribution in [0, 0.1) is 6.92 Å². The van der Waals surface area contributed by atoms with Gasteiger partial charge in [-0.1, -0.05) is 6.07 Å². The number of aryl methyl sites for hydroxylation is 1. The Balaban J connectivity index is 1.61. The quantitative estimate of drug-likeness (QED) is 0.507. The van der Waals surface area contributed by atoms with Crippen LogP contribution in [0.2, 0.25) is 0 Å². The number of anilines is 2. The van der Waals surface area contributed by atoms with Crippen molar-refractivity contribution in [3.8, 4) is 17.2 Å². The molecule has 32 heavy (non-hydrogen) atoms. The lowest BCUT2D eigenvalue weighted by Gasteiger charge is -2.13. The number of hydrogen-bond donors (Lipinski definition) is 2. The molecule has 0 saturated heterocycles. The predicted octanol–water partition coefficient (Wildman–Crippen LogP) is 3.83. The second-order valence-electron chi connectivity index (χ2n) is 6.85. The molecule has 0 unspecified atom stereocenters. The molecule has 0 heterocycles. The summed E-state index contributed by atoms with van der Waals surface area (Å²) in [5.41, 5.74) is 1.68. The Kier molecular flexibility index (Phi) is 7.21. The summed E-state index contributed by atoms with van der Waals surface area (Å²) in [6, 6.07) is 17.9. The Hall–Kier alpha value is -3.72. The molecule has 8 nitrogen and oxygen atoms in total. The molecule has 0 aliphatic rings. The molecule has 0 radical (unpaired) electrons. The van der Waals surface area contributed by atoms with Crippen LogP contribution in [0.15, 0.2) is 71.6 Å². The zero-order valence-electron chi connectivity index (χ0n) is 17.9. The predicted molar refractivity (Wildman–Crippen MR) is 122 cm³/mol. The van der Waals surface area contributed by atoms with Gasteiger partial charge in [0.1, 0.15) is 17.2 Å². The minimum Gasteiger partial charge on any atom is -0.497 e. The van der Waals surface area contributed by atoms with E-state index < -0.39 is 10.0 Å². The lowest BCUT2D eigenvalue weighted by atomic mass is 10.2. The molecule has 3 aromatic rings. The van der Waals surface area contributed by atoms with Crippen LogP contribution in [-0.2, 0) is 14.8 Å². The van der Waals surface area contributed by atoms with Crippen molar-refractivity contribution in [2.45, 2.75) is 11.8 Å². The first-order valence-corrected chi connectivity index (χ1v) is 11.1. The number of ether oxygens (including phenoxy) is 3. The third-order valence-corrected chi connectivity index (χ3v) is 5.86. The van der Waals surface area contributed by atoms with Crippen molar-refractivity contribution in [3.05, 3.63) is 72.3 Å². The maximum atomic E-state index is 12.7. The highest BCUT2D eigenvalue weighted by Crippen LogP contribution is 2.28. The van der Waals surface area contributed by atoms with Crippen LogP contribution in [-0.4, -0.2) is 35.2 Å². The number of amides is 1. The van der Waals surface area contributed by atoms with Gasteiger partial charge in [0.2, 0.25) is 0 Å². The lowest BCUT2D eigenvalue weighted by molar-refractivity contribution is -0.118. The standard InChI is InChI=1S/C23H24N2O6S/c1-16-4-13-22(30-3)21(14-16)25-32(27,28)20-11-5-17(6-12-20)24-23(26)15-31-19-9-7-18(29-2)8-10-19/h4-14,25H,15H2,1-3H3,(H,24,26). The van der Waals surface area contributed by atoms with Crippen molar-refractivity contribution in [2.24, 2.45) is 0 Å². The summed E-state index contributed by atoms with van der Waals surface area (Å²) in [7, 11) is -0.802. The van der Waals surface area contributed by atoms with E-state index in [4.69, 9.17) is 14.2 Å². The minimum absolute atomic E-state index is 0.0496. The van der Waals surface area contributed by atoms with Gasteiger partial charge in [-0.15, -0.1) is 0 Å². The van der Waals surface area contributed by atoms with Gasteiger partial charge in [-0.25, -0.2) is 8.42 Å². The molecule has 2 N–H and O–H groups in total. The molecule has 3 rings (SSSR count). The molecule has 0 fully saturated rings. The van der Waals surface area contributed by atoms with Crippen molar-refractivity contribution < 1.29 is 27.4 Å². The van der Waals surface area contributed by atoms with E-state index in [-0.39, 0.29) is 17.4 Å². The van der Waals surface area contributed by atoms with Gasteiger partial charge in [0, 0.05) is 5.69 Å². The van der Waals surface area contributed by atoms with Gasteiger partial charge in [0.15, 0.2) is 6.61 Å². The number of hydrogen-bond acceptors (Lipinski definition) is 6. The number of rotatable bonds is 9. The molecule has 0 aliphatic carbocycles. The topological polar surface area (TPSA) is 103 Å². The molecule has 168 valence electrons. The normalized spacial score (nSPS) is 10.8. The summed E-state index contributed by atoms with van der Waals surface area (Å²) in [4.78, 5) is 12.2. The fourth-order valence-electron chi connectivity index (χ4n) is 2.84. The van der Waals surface area contributed by atoms with E-state index in [2.05, 4.69) is 10.0 Å². The average molecular weight is 457 g/mol. The zero-order valence-corrected chi connectivity index (χ0v) is 18.7. The van der Waals surface area contributed by atoms with Gasteiger partial charge in [-0.3, -0.25) is 9.52 Å². The highest BCUT2D eigenvalue weighted by molar-refractivity contribution is 7.92. The Labute approximate surface area is 187 Å². The van der Waals surface area contributed by atoms with Crippen LogP contribution in [0.25, 0.3) is 0 Å². The largest absolute Gasteiger partial charge is 0.497 e. The molecule has 0 aromatic heterocycles. The first-order valence-electron chi connectivity index (χ1n) is 9.65. The summed E-state index contributed by atoms with van der Waals surface area (Å²) in [6.07, 6.45) is 0. The van der Waals surface area contributed by atoms with E-state index in [0.29, 0.717) is 28.6 Å². The Morgan fingerprint density at radius 2 is 1.53 bits per heavy atom. The maximum absolute atomic E-state index is 12.7. The van der Waals surface area contributed by atoms with E-state index in [1.165, 1.54) is 31.4 Å². The molecule has 3 aromatic carbocycles. The van der Waals surface area contributed by atoms with Crippen molar-refractivity contribution >= 4 is 27.3 Å². The van der Waals surface area contributed by atoms with E-state index in [1.807, 2.05) is 13.0 Å². The number of methoxy groups -OCH3 is 2. The highest BCUT2D eigenvalue weighted by atomic mass is 32.2. The van der Waals surface area contributed by atoms with Crippen LogP contribution in [0.5, 0.6) is 17.2 Å². The zero-order chi connectivity index (χ0) is 23.1. The first-order chi connectivity index (χ1) is 15.3. The van der Waals surface area contributed by atoms with Crippen molar-refractivity contribution in [2.75, 3.05) is 30.9 Å². The van der Waals surface area contributed by atoms with Crippen LogP contribution in [0.3, 0.4) is 0 Å². The van der Waals surface area contributed by atoms with Crippen LogP contribution < -0.4 is 24.2 Å². The molecule has 9 heteroatoms. The van der Waals surface area contributed by atoms with E-state index in [9.17, 15) is 13.2 Å². The minimum atomic E-state index is -3.84. The molecular weight excluding hydrogens is 432 g/mol. The smallest absolute Gasteiger partial charge is 0.262 e. The van der Waals surface area contributed by atoms with Gasteiger partial charge in [0.05, 0.1) is 24.8 Å². The Bertz CT molecular complexity index is 1180. The monoisotopic (exact) mass is 456 g/mol. The van der Waals surface area contributed by atoms with E-state index >= 15 is 0 Å². The van der Waals surface area contributed by atoms with Crippen LogP contribution in [0.4, 0.5) is 11.4 Å². The maximum Gasteiger partial charge on any atom is 0.262 e. The van der Waals surface area contributed by atoms with Crippen LogP contribution >= 0.6 is 0 Å². The second-order valence-corrected chi connectivity index (χ2v) is 8.53. The van der Waals surface area contributed by atoms with Gasteiger partial charge < -0.3 is 19.5 Å². The number of carbonyl (C=O) groups excluding carboxylic acids is 1. The second kappa shape index (κ2) is 10.1. The van der Waals surface area contributed by atoms with Gasteiger partial charge in [0.25, 0.3) is 15.9 Å². The fraction of sp³-hybridized carbons (Fsp3) is 0.174. The lowest BCUT2D eigenvalue weighted by Crippen LogP contribution is -2.20. The molecule has 0 saturated carbocycles. The van der Waals surface area contributed by atoms with Crippen LogP contribution in [0.1, 0.15) is 5.56 Å². The van der Waals surface area contributed by atoms with Crippen molar-refractivity contribution in [3.63, 3.8) is 0 Å². The van der Waals surface area contributed by atoms with Crippen molar-refractivity contribution in [1.82, 2.24) is 0 Å². The van der Waals surface area contributed by atoms with E-state index in [1.54, 1.807) is 43.5 Å². The molecule has 0 spiro atoms. The molecule has 0 bridgehead atoms. The number of sulfonamides is 1. The van der Waals surface area contributed by atoms with Crippen molar-refractivity contribution in [1.29, 1.82) is 0 Å². The summed E-state index contributed by atoms with van der Waals surface area (Å²) < 4.78 is 43.7. The van der Waals surface area contributed by atoms with E-state index in [0.717, 1.165) is 5.56 Å². The highest BCUT2D eigenvalue weighted by Gasteiger charge is 2.17. The third-order valence-electron chi connectivity index (χ3n) is 4.48. The average Bonchev–Trinajstić information content (AvgIpc) is 2.78. The summed E-state index contributed by atoms with van der Waals surface area (Å²) in [5.74, 6) is 1.26. The first kappa shape index (κ1) is 23.0. The van der Waals surface area contributed by atoms with Gasteiger partial charge >= 0.3 is 0 Å². The summed E-state index contributed by atoms with van der Waals surface area (Å²) in [5, 5.41) is 2.66. The third kappa shape index (κ3) is 5.92. The molecule has 1 amide bonds. The number of carbonyl (C=O) groups is 1. The molecule has 0 aliphatic heterocycles. The fourth-order valence-corrected chi connectivity index (χ4v) is 3.90. The Morgan fingerprint density at radius 1 is 0.875 bits per heavy atom. The molecular formula is C23H24N2O6S. The number of benzene rings is 3. The summed E-state index contributed by atoms with van der Waals surface area (Å²) in [6.45, 7) is 1.66. The van der Waals surface area contributed by atoms with Gasteiger partial charge in [-0.05, 0) is 73.2 Å².